The van der Waals surface area contributed by atoms with Gasteiger partial charge in [-0.05, 0) is 30.3 Å². The lowest BCUT2D eigenvalue weighted by Gasteiger charge is -2.11. The Balaban J connectivity index is 1.90. The van der Waals surface area contributed by atoms with Crippen LogP contribution in [0.3, 0.4) is 0 Å². The van der Waals surface area contributed by atoms with Gasteiger partial charge in [-0.25, -0.2) is 0 Å². The zero-order valence-corrected chi connectivity index (χ0v) is 12.0. The molecule has 1 aromatic heterocycles. The zero-order chi connectivity index (χ0) is 14.8. The van der Waals surface area contributed by atoms with Gasteiger partial charge in [0.15, 0.2) is 0 Å². The number of benzene rings is 3. The third kappa shape index (κ3) is 2.25. The molecular weight excluding hydrogens is 270 g/mol. The van der Waals surface area contributed by atoms with Crippen LogP contribution in [0, 0.1) is 0 Å². The van der Waals surface area contributed by atoms with E-state index in [2.05, 4.69) is 34.9 Å². The van der Waals surface area contributed by atoms with Gasteiger partial charge in [0.05, 0.1) is 5.52 Å². The van der Waals surface area contributed by atoms with Gasteiger partial charge in [-0.1, -0.05) is 54.6 Å². The molecule has 4 rings (SSSR count). The van der Waals surface area contributed by atoms with Crippen LogP contribution in [-0.4, -0.2) is 4.57 Å². The number of rotatable bonds is 3. The molecule has 0 aliphatic heterocycles. The van der Waals surface area contributed by atoms with Crippen LogP contribution in [0.1, 0.15) is 0 Å². The van der Waals surface area contributed by atoms with Gasteiger partial charge in [0.2, 0.25) is 5.88 Å². The molecule has 0 saturated carbocycles. The summed E-state index contributed by atoms with van der Waals surface area (Å²) in [6.45, 7) is 0. The Morgan fingerprint density at radius 3 is 2.05 bits per heavy atom. The first-order valence-electron chi connectivity index (χ1n) is 7.31. The van der Waals surface area contributed by atoms with Crippen LogP contribution >= 0.6 is 0 Å². The number of hydrogen-bond acceptors (Lipinski definition) is 1. The molecule has 0 aliphatic carbocycles. The van der Waals surface area contributed by atoms with Crippen molar-refractivity contribution < 1.29 is 4.74 Å². The second kappa shape index (κ2) is 5.41. The van der Waals surface area contributed by atoms with Gasteiger partial charge < -0.3 is 4.74 Å². The van der Waals surface area contributed by atoms with Crippen molar-refractivity contribution in [3.8, 4) is 17.3 Å². The second-order valence-corrected chi connectivity index (χ2v) is 5.13. The van der Waals surface area contributed by atoms with Crippen LogP contribution in [-0.2, 0) is 0 Å². The first-order chi connectivity index (χ1) is 10.9. The minimum Gasteiger partial charge on any atom is -0.440 e. The highest BCUT2D eigenvalue weighted by atomic mass is 16.5. The van der Waals surface area contributed by atoms with Crippen LogP contribution in [0.15, 0.2) is 91.0 Å². The maximum absolute atomic E-state index is 6.11. The van der Waals surface area contributed by atoms with E-state index in [0.717, 1.165) is 28.2 Å². The number of para-hydroxylation sites is 3. The zero-order valence-electron chi connectivity index (χ0n) is 12.0. The van der Waals surface area contributed by atoms with E-state index >= 15 is 0 Å². The Labute approximate surface area is 129 Å². The minimum atomic E-state index is 0.818. The highest BCUT2D eigenvalue weighted by Crippen LogP contribution is 2.32. The van der Waals surface area contributed by atoms with Crippen molar-refractivity contribution in [2.24, 2.45) is 0 Å². The summed E-state index contributed by atoms with van der Waals surface area (Å²) in [5, 5.41) is 1.16. The fourth-order valence-corrected chi connectivity index (χ4v) is 2.66. The molecule has 0 atom stereocenters. The van der Waals surface area contributed by atoms with E-state index in [1.165, 1.54) is 0 Å². The summed E-state index contributed by atoms with van der Waals surface area (Å²) in [5.41, 5.74) is 2.23. The number of hydrogen-bond donors (Lipinski definition) is 0. The molecule has 3 aromatic carbocycles. The number of nitrogens with zero attached hydrogens (tertiary/aromatic N) is 1. The highest BCUT2D eigenvalue weighted by molar-refractivity contribution is 5.84. The lowest BCUT2D eigenvalue weighted by atomic mass is 10.2. The van der Waals surface area contributed by atoms with E-state index in [1.54, 1.807) is 0 Å². The van der Waals surface area contributed by atoms with Gasteiger partial charge in [-0.2, -0.15) is 0 Å². The van der Waals surface area contributed by atoms with Gasteiger partial charge in [0.25, 0.3) is 0 Å². The Bertz CT molecular complexity index is 895. The third-order valence-corrected chi connectivity index (χ3v) is 3.66. The van der Waals surface area contributed by atoms with Gasteiger partial charge in [0.1, 0.15) is 5.75 Å². The summed E-state index contributed by atoms with van der Waals surface area (Å²) in [6.07, 6.45) is 0. The van der Waals surface area contributed by atoms with E-state index in [0.29, 0.717) is 0 Å². The van der Waals surface area contributed by atoms with Crippen LogP contribution in [0.4, 0.5) is 0 Å². The van der Waals surface area contributed by atoms with Gasteiger partial charge in [-0.3, -0.25) is 4.57 Å². The summed E-state index contributed by atoms with van der Waals surface area (Å²) < 4.78 is 8.25. The quantitative estimate of drug-likeness (QED) is 0.490. The van der Waals surface area contributed by atoms with Crippen molar-refractivity contribution in [1.82, 2.24) is 4.57 Å². The van der Waals surface area contributed by atoms with E-state index in [9.17, 15) is 0 Å². The van der Waals surface area contributed by atoms with Gasteiger partial charge in [0, 0.05) is 17.1 Å². The van der Waals surface area contributed by atoms with Crippen LogP contribution in [0.25, 0.3) is 16.6 Å². The number of aromatic nitrogens is 1. The molecule has 0 saturated heterocycles. The smallest absolute Gasteiger partial charge is 0.205 e. The van der Waals surface area contributed by atoms with Crippen LogP contribution in [0.2, 0.25) is 0 Å². The van der Waals surface area contributed by atoms with E-state index in [1.807, 2.05) is 60.7 Å². The molecular formula is C20H15NO. The minimum absolute atomic E-state index is 0.818. The van der Waals surface area contributed by atoms with Crippen molar-refractivity contribution in [3.63, 3.8) is 0 Å². The molecule has 4 aromatic rings. The maximum Gasteiger partial charge on any atom is 0.205 e. The Kier molecular flexibility index (Phi) is 3.13. The highest BCUT2D eigenvalue weighted by Gasteiger charge is 2.11. The molecule has 0 aliphatic rings. The fraction of sp³-hybridized carbons (Fsp3) is 0. The van der Waals surface area contributed by atoms with Crippen molar-refractivity contribution in [2.45, 2.75) is 0 Å². The van der Waals surface area contributed by atoms with Gasteiger partial charge in [-0.15, -0.1) is 0 Å². The standard InChI is InChI=1S/C20H15NO/c1-3-10-17(11-4-1)21-19-14-8-7-9-16(19)15-20(21)22-18-12-5-2-6-13-18/h1-15H. The number of ether oxygens (including phenoxy) is 1. The average Bonchev–Trinajstić information content (AvgIpc) is 2.94. The number of fused-ring (bicyclic) bond motifs is 1. The van der Waals surface area contributed by atoms with Crippen molar-refractivity contribution in [2.75, 3.05) is 0 Å². The first kappa shape index (κ1) is 12.7. The Morgan fingerprint density at radius 1 is 0.636 bits per heavy atom. The average molecular weight is 285 g/mol. The summed E-state index contributed by atoms with van der Waals surface area (Å²) in [6, 6.07) is 30.5. The fourth-order valence-electron chi connectivity index (χ4n) is 2.66. The Hall–Kier alpha value is -3.00. The predicted octanol–water partition coefficient (Wildman–Crippen LogP) is 5.42. The summed E-state index contributed by atoms with van der Waals surface area (Å²) in [4.78, 5) is 0. The second-order valence-electron chi connectivity index (χ2n) is 5.13. The van der Waals surface area contributed by atoms with E-state index in [-0.39, 0.29) is 0 Å². The van der Waals surface area contributed by atoms with E-state index < -0.39 is 0 Å². The molecule has 2 nitrogen and oxygen atoms in total. The topological polar surface area (TPSA) is 14.2 Å². The van der Waals surface area contributed by atoms with Crippen LogP contribution in [0.5, 0.6) is 11.6 Å². The molecule has 0 N–H and O–H groups in total. The molecule has 22 heavy (non-hydrogen) atoms. The Morgan fingerprint density at radius 2 is 1.27 bits per heavy atom. The normalized spacial score (nSPS) is 10.7. The molecule has 106 valence electrons. The van der Waals surface area contributed by atoms with Crippen molar-refractivity contribution >= 4 is 10.9 Å². The van der Waals surface area contributed by atoms with Crippen molar-refractivity contribution in [1.29, 1.82) is 0 Å². The predicted molar refractivity (Wildman–Crippen MR) is 89.8 cm³/mol. The molecule has 0 amide bonds. The molecule has 0 spiro atoms. The summed E-state index contributed by atoms with van der Waals surface area (Å²) in [7, 11) is 0. The first-order valence-corrected chi connectivity index (χ1v) is 7.31. The molecule has 1 heterocycles. The lowest BCUT2D eigenvalue weighted by Crippen LogP contribution is -1.96. The third-order valence-electron chi connectivity index (χ3n) is 3.66. The molecule has 0 bridgehead atoms. The van der Waals surface area contributed by atoms with E-state index in [4.69, 9.17) is 4.74 Å². The van der Waals surface area contributed by atoms with Gasteiger partial charge >= 0.3 is 0 Å². The molecule has 0 fully saturated rings. The molecule has 2 heteroatoms. The summed E-state index contributed by atoms with van der Waals surface area (Å²) in [5.74, 6) is 1.65. The van der Waals surface area contributed by atoms with Crippen molar-refractivity contribution in [3.05, 3.63) is 91.0 Å². The molecule has 0 radical (unpaired) electrons. The maximum atomic E-state index is 6.11. The van der Waals surface area contributed by atoms with Crippen LogP contribution < -0.4 is 4.74 Å². The molecule has 0 unspecified atom stereocenters. The lowest BCUT2D eigenvalue weighted by molar-refractivity contribution is 0.455. The summed E-state index contributed by atoms with van der Waals surface area (Å²) >= 11 is 0. The largest absolute Gasteiger partial charge is 0.440 e. The monoisotopic (exact) mass is 285 g/mol. The SMILES string of the molecule is c1ccc(Oc2cc3ccccc3n2-c2ccccc2)cc1.